The quantitative estimate of drug-likeness (QED) is 0.729. The fourth-order valence-corrected chi connectivity index (χ4v) is 7.14. The van der Waals surface area contributed by atoms with Crippen LogP contribution < -0.4 is 0 Å². The smallest absolute Gasteiger partial charge is 0.438 e. The minimum absolute atomic E-state index is 0.0307. The van der Waals surface area contributed by atoms with E-state index >= 15 is 0 Å². The summed E-state index contributed by atoms with van der Waals surface area (Å²) in [4.78, 5) is 36.0. The number of aliphatic hydroxyl groups excluding tert-OH is 1. The van der Waals surface area contributed by atoms with Gasteiger partial charge in [0.25, 0.3) is 0 Å². The average Bonchev–Trinajstić information content (AvgIpc) is 3.02. The van der Waals surface area contributed by atoms with Gasteiger partial charge in [0.1, 0.15) is 0 Å². The number of rotatable bonds is 3. The monoisotopic (exact) mass is 402 g/mol. The summed E-state index contributed by atoms with van der Waals surface area (Å²) in [5, 5.41) is 11.3. The summed E-state index contributed by atoms with van der Waals surface area (Å²) in [7, 11) is 1.22. The van der Waals surface area contributed by atoms with Gasteiger partial charge < -0.3 is 14.6 Å². The third kappa shape index (κ3) is 3.07. The summed E-state index contributed by atoms with van der Waals surface area (Å²) >= 11 is 0. The first-order chi connectivity index (χ1) is 13.7. The Hall–Kier alpha value is -1.95. The maximum Gasteiger partial charge on any atom is 0.508 e. The highest BCUT2D eigenvalue weighted by Crippen LogP contribution is 2.66. The fraction of sp³-hybridized carbons (Fsp3) is 0.696. The molecule has 6 heteroatoms. The van der Waals surface area contributed by atoms with E-state index in [2.05, 4.69) is 18.6 Å². The summed E-state index contributed by atoms with van der Waals surface area (Å²) in [6, 6.07) is 0. The molecule has 158 valence electrons. The second-order valence-corrected chi connectivity index (χ2v) is 9.64. The Balaban J connectivity index is 1.58. The number of allylic oxidation sites excluding steroid dienone is 4. The molecule has 0 bridgehead atoms. The molecule has 3 saturated carbocycles. The third-order valence-corrected chi connectivity index (χ3v) is 8.38. The van der Waals surface area contributed by atoms with Crippen molar-refractivity contribution < 1.29 is 29.0 Å². The standard InChI is InChI=1S/C23H30O6/c1-22-9-8-14(24)10-13(22)4-5-15-16-6-7-17(19(26)12-29-21(27)28-3)23(16,2)11-18(25)20(15)22/h8-10,15-18,20,25H,4-7,11-12H2,1-3H3. The SMILES string of the molecule is COC(=O)OCC(=O)C1CCC2C3CCC4=CC(=O)C=CC4(C)C3C(O)CC12C. The number of carbonyl (C=O) groups excluding carboxylic acids is 3. The molecule has 4 aliphatic rings. The molecule has 4 rings (SSSR count). The molecule has 0 spiro atoms. The lowest BCUT2D eigenvalue weighted by atomic mass is 9.46. The Morgan fingerprint density at radius 3 is 2.72 bits per heavy atom. The van der Waals surface area contributed by atoms with Crippen LogP contribution in [0.3, 0.4) is 0 Å². The van der Waals surface area contributed by atoms with Crippen LogP contribution in [0.4, 0.5) is 4.79 Å². The van der Waals surface area contributed by atoms with E-state index in [1.54, 1.807) is 12.2 Å². The molecule has 7 unspecified atom stereocenters. The van der Waals surface area contributed by atoms with Crippen molar-refractivity contribution in [2.24, 2.45) is 34.5 Å². The van der Waals surface area contributed by atoms with Gasteiger partial charge in [-0.05, 0) is 61.5 Å². The number of aliphatic hydroxyl groups is 1. The number of Topliss-reactive ketones (excluding diaryl/α,β-unsaturated/α-hetero) is 1. The van der Waals surface area contributed by atoms with Crippen molar-refractivity contribution in [2.45, 2.75) is 52.1 Å². The van der Waals surface area contributed by atoms with Gasteiger partial charge in [-0.2, -0.15) is 0 Å². The number of methoxy groups -OCH3 is 1. The lowest BCUT2D eigenvalue weighted by Crippen LogP contribution is -2.56. The highest BCUT2D eigenvalue weighted by atomic mass is 16.7. The van der Waals surface area contributed by atoms with Crippen LogP contribution in [0.5, 0.6) is 0 Å². The van der Waals surface area contributed by atoms with Crippen LogP contribution in [0.2, 0.25) is 0 Å². The third-order valence-electron chi connectivity index (χ3n) is 8.38. The molecule has 1 N–H and O–H groups in total. The van der Waals surface area contributed by atoms with Crippen LogP contribution in [0.25, 0.3) is 0 Å². The molecule has 3 fully saturated rings. The number of hydrogen-bond donors (Lipinski definition) is 1. The van der Waals surface area contributed by atoms with Gasteiger partial charge in [0.05, 0.1) is 13.2 Å². The first-order valence-electron chi connectivity index (χ1n) is 10.6. The number of ether oxygens (including phenoxy) is 2. The first-order valence-corrected chi connectivity index (χ1v) is 10.6. The van der Waals surface area contributed by atoms with Crippen molar-refractivity contribution in [3.05, 3.63) is 23.8 Å². The number of hydrogen-bond acceptors (Lipinski definition) is 6. The largest absolute Gasteiger partial charge is 0.508 e. The number of carbonyl (C=O) groups is 3. The van der Waals surface area contributed by atoms with Crippen LogP contribution >= 0.6 is 0 Å². The molecular formula is C23H30O6. The van der Waals surface area contributed by atoms with Crippen LogP contribution in [0.15, 0.2) is 23.8 Å². The van der Waals surface area contributed by atoms with Gasteiger partial charge >= 0.3 is 6.16 Å². The Labute approximate surface area is 171 Å². The molecule has 0 heterocycles. The summed E-state index contributed by atoms with van der Waals surface area (Å²) in [6.45, 7) is 3.99. The Bertz CT molecular complexity index is 797. The highest BCUT2D eigenvalue weighted by molar-refractivity contribution is 6.01. The second kappa shape index (κ2) is 7.08. The number of fused-ring (bicyclic) bond motifs is 5. The van der Waals surface area contributed by atoms with E-state index in [0.29, 0.717) is 18.3 Å². The molecule has 7 atom stereocenters. The summed E-state index contributed by atoms with van der Waals surface area (Å²) in [5.41, 5.74) is 0.530. The molecule has 4 aliphatic carbocycles. The predicted octanol–water partition coefficient (Wildman–Crippen LogP) is 3.23. The Morgan fingerprint density at radius 2 is 2.00 bits per heavy atom. The van der Waals surface area contributed by atoms with Crippen molar-refractivity contribution in [1.82, 2.24) is 0 Å². The van der Waals surface area contributed by atoms with Crippen LogP contribution in [-0.2, 0) is 19.1 Å². The van der Waals surface area contributed by atoms with E-state index in [-0.39, 0.29) is 40.8 Å². The molecule has 0 aromatic heterocycles. The first kappa shape index (κ1) is 20.3. The molecule has 0 aromatic rings. The zero-order chi connectivity index (χ0) is 21.0. The van der Waals surface area contributed by atoms with Gasteiger partial charge in [0.2, 0.25) is 0 Å². The average molecular weight is 402 g/mol. The van der Waals surface area contributed by atoms with Gasteiger partial charge in [-0.25, -0.2) is 4.79 Å². The normalized spacial score (nSPS) is 43.0. The minimum atomic E-state index is -0.847. The van der Waals surface area contributed by atoms with Gasteiger partial charge in [-0.15, -0.1) is 0 Å². The molecule has 0 aromatic carbocycles. The summed E-state index contributed by atoms with van der Waals surface area (Å²) in [5.74, 6) is 0.432. The van der Waals surface area contributed by atoms with E-state index < -0.39 is 12.3 Å². The Morgan fingerprint density at radius 1 is 1.24 bits per heavy atom. The van der Waals surface area contributed by atoms with Crippen molar-refractivity contribution in [3.8, 4) is 0 Å². The summed E-state index contributed by atoms with van der Waals surface area (Å²) < 4.78 is 9.36. The lowest BCUT2D eigenvalue weighted by Gasteiger charge is -2.58. The maximum absolute atomic E-state index is 12.8. The van der Waals surface area contributed by atoms with Crippen molar-refractivity contribution >= 4 is 17.7 Å². The molecule has 0 radical (unpaired) electrons. The zero-order valence-corrected chi connectivity index (χ0v) is 17.3. The minimum Gasteiger partial charge on any atom is -0.438 e. The summed E-state index contributed by atoms with van der Waals surface area (Å²) in [6.07, 6.45) is 8.04. The Kier molecular flexibility index (Phi) is 4.96. The molecule has 0 aliphatic heterocycles. The molecular weight excluding hydrogens is 372 g/mol. The molecule has 0 amide bonds. The second-order valence-electron chi connectivity index (χ2n) is 9.64. The highest BCUT2D eigenvalue weighted by Gasteiger charge is 2.62. The van der Waals surface area contributed by atoms with Gasteiger partial charge in [-0.3, -0.25) is 9.59 Å². The maximum atomic E-state index is 12.8. The van der Waals surface area contributed by atoms with Crippen molar-refractivity contribution in [3.63, 3.8) is 0 Å². The van der Waals surface area contributed by atoms with Crippen LogP contribution in [-0.4, -0.2) is 42.6 Å². The fourth-order valence-electron chi connectivity index (χ4n) is 7.14. The topological polar surface area (TPSA) is 89.9 Å². The predicted molar refractivity (Wildman–Crippen MR) is 105 cm³/mol. The van der Waals surface area contributed by atoms with E-state index in [4.69, 9.17) is 4.74 Å². The molecule has 0 saturated heterocycles. The lowest BCUT2D eigenvalue weighted by molar-refractivity contribution is -0.141. The van der Waals surface area contributed by atoms with E-state index in [1.165, 1.54) is 7.11 Å². The van der Waals surface area contributed by atoms with E-state index in [9.17, 15) is 19.5 Å². The van der Waals surface area contributed by atoms with Gasteiger partial charge in [-0.1, -0.05) is 25.5 Å². The molecule has 29 heavy (non-hydrogen) atoms. The van der Waals surface area contributed by atoms with Crippen molar-refractivity contribution in [1.29, 1.82) is 0 Å². The zero-order valence-electron chi connectivity index (χ0n) is 17.3. The number of ketones is 2. The van der Waals surface area contributed by atoms with Gasteiger partial charge in [0.15, 0.2) is 18.2 Å². The van der Waals surface area contributed by atoms with E-state index in [1.807, 2.05) is 6.08 Å². The van der Waals surface area contributed by atoms with Crippen LogP contribution in [0.1, 0.15) is 46.0 Å². The van der Waals surface area contributed by atoms with Crippen LogP contribution in [0, 0.1) is 34.5 Å². The van der Waals surface area contributed by atoms with E-state index in [0.717, 1.165) is 31.3 Å². The van der Waals surface area contributed by atoms with Gasteiger partial charge in [0, 0.05) is 17.3 Å². The van der Waals surface area contributed by atoms with Crippen molar-refractivity contribution in [2.75, 3.05) is 13.7 Å². The molecule has 6 nitrogen and oxygen atoms in total.